The Hall–Kier alpha value is -3.77. The molecule has 0 saturated carbocycles. The summed E-state index contributed by atoms with van der Waals surface area (Å²) in [7, 11) is 2.12. The van der Waals surface area contributed by atoms with Gasteiger partial charge in [-0.2, -0.15) is 15.2 Å². The van der Waals surface area contributed by atoms with Crippen molar-refractivity contribution in [1.82, 2.24) is 19.8 Å². The number of piperazine rings is 1. The molecule has 0 bridgehead atoms. The molecule has 6 rings (SSSR count). The Morgan fingerprint density at radius 2 is 2.07 bits per heavy atom. The first-order chi connectivity index (χ1) is 20.2. The summed E-state index contributed by atoms with van der Waals surface area (Å²) in [4.78, 5) is 28.7. The number of carbonyl (C=O) groups excluding carboxylic acids is 1. The lowest BCUT2D eigenvalue weighted by Crippen LogP contribution is -2.55. The van der Waals surface area contributed by atoms with Gasteiger partial charge in [-0.05, 0) is 75.9 Å². The van der Waals surface area contributed by atoms with E-state index in [-0.39, 0.29) is 29.7 Å². The summed E-state index contributed by atoms with van der Waals surface area (Å²) in [6.07, 6.45) is 5.35. The van der Waals surface area contributed by atoms with Crippen LogP contribution in [0.4, 0.5) is 10.2 Å². The van der Waals surface area contributed by atoms with Crippen LogP contribution in [0.15, 0.2) is 42.7 Å². The number of amides is 1. The zero-order valence-corrected chi connectivity index (χ0v) is 24.8. The van der Waals surface area contributed by atoms with E-state index in [2.05, 4.69) is 42.5 Å². The van der Waals surface area contributed by atoms with E-state index >= 15 is 4.39 Å². The van der Waals surface area contributed by atoms with Gasteiger partial charge in [-0.1, -0.05) is 30.8 Å². The number of likely N-dealkylation sites (tertiary alicyclic amines) is 1. The van der Waals surface area contributed by atoms with Crippen LogP contribution in [0.2, 0.25) is 0 Å². The molecular weight excluding hydrogens is 531 g/mol. The fraction of sp³-hybridized carbons (Fsp3) is 0.515. The molecule has 2 aliphatic heterocycles. The average molecular weight is 571 g/mol. The van der Waals surface area contributed by atoms with E-state index in [9.17, 15) is 10.1 Å². The third-order valence-corrected chi connectivity index (χ3v) is 10.1. The van der Waals surface area contributed by atoms with E-state index < -0.39 is 5.41 Å². The maximum absolute atomic E-state index is 16.1. The molecule has 3 heterocycles. The zero-order chi connectivity index (χ0) is 29.6. The number of nitriles is 1. The highest BCUT2D eigenvalue weighted by Crippen LogP contribution is 2.54. The highest BCUT2D eigenvalue weighted by atomic mass is 19.1. The van der Waals surface area contributed by atoms with Crippen LogP contribution in [0.5, 0.6) is 6.01 Å². The van der Waals surface area contributed by atoms with E-state index in [1.807, 2.05) is 25.1 Å². The second-order valence-electron chi connectivity index (χ2n) is 12.5. The Kier molecular flexibility index (Phi) is 7.30. The Balaban J connectivity index is 1.38. The SMILES string of the molecule is C=CC(=O)N1CCN(c2nc(OC[C@]3(C)CCCN3C)nc3c2CC[C@]2(C3)C(F)=C(C)c3ccccc32)C[C@@H]1CC#N. The smallest absolute Gasteiger partial charge is 0.318 e. The van der Waals surface area contributed by atoms with E-state index in [1.165, 1.54) is 6.08 Å². The molecule has 1 spiro atoms. The number of halogens is 1. The highest BCUT2D eigenvalue weighted by molar-refractivity contribution is 5.87. The van der Waals surface area contributed by atoms with Crippen LogP contribution < -0.4 is 9.64 Å². The number of fused-ring (bicyclic) bond motifs is 3. The van der Waals surface area contributed by atoms with Crippen molar-refractivity contribution in [2.24, 2.45) is 0 Å². The van der Waals surface area contributed by atoms with Crippen molar-refractivity contribution in [2.75, 3.05) is 44.7 Å². The van der Waals surface area contributed by atoms with Crippen molar-refractivity contribution in [3.63, 3.8) is 0 Å². The fourth-order valence-corrected chi connectivity index (χ4v) is 7.47. The van der Waals surface area contributed by atoms with Gasteiger partial charge in [-0.15, -0.1) is 0 Å². The van der Waals surface area contributed by atoms with Gasteiger partial charge in [0, 0.05) is 31.6 Å². The minimum Gasteiger partial charge on any atom is -0.461 e. The molecule has 2 aromatic rings. The first-order valence-corrected chi connectivity index (χ1v) is 15.0. The minimum atomic E-state index is -0.743. The number of hydrogen-bond acceptors (Lipinski definition) is 7. The van der Waals surface area contributed by atoms with E-state index in [1.54, 1.807) is 4.90 Å². The number of rotatable bonds is 6. The third kappa shape index (κ3) is 4.57. The number of allylic oxidation sites excluding steroid dienone is 2. The number of ether oxygens (including phenoxy) is 1. The number of likely N-dealkylation sites (N-methyl/N-ethyl adjacent to an activating group) is 1. The van der Waals surface area contributed by atoms with Gasteiger partial charge in [0.2, 0.25) is 5.91 Å². The van der Waals surface area contributed by atoms with Gasteiger partial charge in [0.15, 0.2) is 0 Å². The molecule has 1 aromatic carbocycles. The van der Waals surface area contributed by atoms with Crippen molar-refractivity contribution in [2.45, 2.75) is 69.4 Å². The van der Waals surface area contributed by atoms with Gasteiger partial charge in [0.1, 0.15) is 18.3 Å². The summed E-state index contributed by atoms with van der Waals surface area (Å²) in [5.41, 5.74) is 3.68. The van der Waals surface area contributed by atoms with Crippen molar-refractivity contribution < 1.29 is 13.9 Å². The number of anilines is 1. The first-order valence-electron chi connectivity index (χ1n) is 15.0. The maximum Gasteiger partial charge on any atom is 0.318 e. The molecule has 9 heteroatoms. The third-order valence-electron chi connectivity index (χ3n) is 10.1. The highest BCUT2D eigenvalue weighted by Gasteiger charge is 2.48. The molecule has 3 atom stereocenters. The van der Waals surface area contributed by atoms with Gasteiger partial charge in [0.05, 0.1) is 35.2 Å². The molecule has 42 heavy (non-hydrogen) atoms. The molecule has 1 amide bonds. The Morgan fingerprint density at radius 1 is 1.26 bits per heavy atom. The maximum atomic E-state index is 16.1. The van der Waals surface area contributed by atoms with Crippen LogP contribution in [0, 0.1) is 11.3 Å². The second kappa shape index (κ2) is 10.8. The molecular formula is C33H39FN6O2. The fourth-order valence-electron chi connectivity index (χ4n) is 7.47. The summed E-state index contributed by atoms with van der Waals surface area (Å²) in [6, 6.07) is 10.3. The summed E-state index contributed by atoms with van der Waals surface area (Å²) < 4.78 is 22.5. The van der Waals surface area contributed by atoms with Crippen LogP contribution in [0.25, 0.3) is 5.57 Å². The predicted octanol–water partition coefficient (Wildman–Crippen LogP) is 4.60. The lowest BCUT2D eigenvalue weighted by Gasteiger charge is -2.42. The standard InChI is InChI=1S/C33H39FN6O2/c1-5-28(41)40-18-17-39(20-23(40)12-15-35)30-25-11-14-33(26-10-7-6-9-24(26)22(2)29(33)34)19-27(25)36-31(37-30)42-21-32(3)13-8-16-38(32)4/h5-7,9-10,23H,1,8,11-14,16-21H2,2-4H3/t23-,32-,33+/m0/s1. The minimum absolute atomic E-state index is 0.0669. The summed E-state index contributed by atoms with van der Waals surface area (Å²) in [6.45, 7) is 10.7. The molecule has 2 fully saturated rings. The molecule has 0 unspecified atom stereocenters. The quantitative estimate of drug-likeness (QED) is 0.470. The lowest BCUT2D eigenvalue weighted by atomic mass is 9.69. The van der Waals surface area contributed by atoms with Crippen LogP contribution in [0.3, 0.4) is 0 Å². The van der Waals surface area contributed by atoms with Crippen LogP contribution in [-0.4, -0.2) is 77.1 Å². The van der Waals surface area contributed by atoms with Gasteiger partial charge >= 0.3 is 6.01 Å². The van der Waals surface area contributed by atoms with E-state index in [4.69, 9.17) is 14.7 Å². The van der Waals surface area contributed by atoms with E-state index in [0.29, 0.717) is 57.1 Å². The first kappa shape index (κ1) is 28.4. The molecule has 8 nitrogen and oxygen atoms in total. The van der Waals surface area contributed by atoms with Gasteiger partial charge < -0.3 is 14.5 Å². The number of carbonyl (C=O) groups is 1. The molecule has 1 aromatic heterocycles. The van der Waals surface area contributed by atoms with Crippen molar-refractivity contribution in [3.05, 3.63) is 65.1 Å². The largest absolute Gasteiger partial charge is 0.461 e. The van der Waals surface area contributed by atoms with Gasteiger partial charge in [-0.25, -0.2) is 4.39 Å². The van der Waals surface area contributed by atoms with Crippen molar-refractivity contribution in [3.8, 4) is 12.1 Å². The summed E-state index contributed by atoms with van der Waals surface area (Å²) >= 11 is 0. The Morgan fingerprint density at radius 3 is 2.81 bits per heavy atom. The zero-order valence-electron chi connectivity index (χ0n) is 24.8. The monoisotopic (exact) mass is 570 g/mol. The summed E-state index contributed by atoms with van der Waals surface area (Å²) in [5.74, 6) is 0.538. The molecule has 2 aliphatic carbocycles. The molecule has 0 radical (unpaired) electrons. The lowest BCUT2D eigenvalue weighted by molar-refractivity contribution is -0.128. The van der Waals surface area contributed by atoms with Crippen molar-refractivity contribution >= 4 is 17.3 Å². The molecule has 4 aliphatic rings. The van der Waals surface area contributed by atoms with Crippen molar-refractivity contribution in [1.29, 1.82) is 5.26 Å². The Labute approximate surface area is 247 Å². The van der Waals surface area contributed by atoms with Crippen LogP contribution in [0.1, 0.15) is 61.9 Å². The average Bonchev–Trinajstić information content (AvgIpc) is 3.44. The number of hydrogen-bond donors (Lipinski definition) is 0. The normalized spacial score (nSPS) is 27.2. The van der Waals surface area contributed by atoms with E-state index in [0.717, 1.165) is 47.6 Å². The number of aromatic nitrogens is 2. The predicted molar refractivity (Wildman–Crippen MR) is 160 cm³/mol. The van der Waals surface area contributed by atoms with Gasteiger partial charge in [-0.3, -0.25) is 9.69 Å². The van der Waals surface area contributed by atoms with Gasteiger partial charge in [0.25, 0.3) is 0 Å². The molecule has 0 N–H and O–H groups in total. The topological polar surface area (TPSA) is 85.6 Å². The number of nitrogens with zero attached hydrogens (tertiary/aromatic N) is 6. The van der Waals surface area contributed by atoms with Crippen LogP contribution in [-0.2, 0) is 23.1 Å². The number of benzene rings is 1. The summed E-state index contributed by atoms with van der Waals surface area (Å²) in [5, 5.41) is 9.53. The second-order valence-corrected chi connectivity index (χ2v) is 12.5. The van der Waals surface area contributed by atoms with Crippen LogP contribution >= 0.6 is 0 Å². The Bertz CT molecular complexity index is 1500. The molecule has 220 valence electrons. The molecule has 2 saturated heterocycles.